The highest BCUT2D eigenvalue weighted by Gasteiger charge is 2.74. The van der Waals surface area contributed by atoms with Crippen molar-refractivity contribution in [2.45, 2.75) is 89.5 Å². The van der Waals surface area contributed by atoms with E-state index in [1.54, 1.807) is 38.4 Å². The molecular formula is C44H54F3NO7. The molecule has 8 rings (SSSR count). The lowest BCUT2D eigenvalue weighted by atomic mass is 9.32. The van der Waals surface area contributed by atoms with Gasteiger partial charge in [-0.15, -0.1) is 0 Å². The zero-order valence-corrected chi connectivity index (χ0v) is 32.5. The van der Waals surface area contributed by atoms with E-state index < -0.39 is 45.5 Å². The molecule has 0 aliphatic heterocycles. The summed E-state index contributed by atoms with van der Waals surface area (Å²) in [5.74, 6) is 0.222. The van der Waals surface area contributed by atoms with Crippen LogP contribution in [0.25, 0.3) is 0 Å². The average molecular weight is 766 g/mol. The predicted molar refractivity (Wildman–Crippen MR) is 201 cm³/mol. The van der Waals surface area contributed by atoms with Crippen molar-refractivity contribution in [2.24, 2.45) is 33.5 Å². The zero-order chi connectivity index (χ0) is 39.6. The first-order valence-corrected chi connectivity index (χ1v) is 19.5. The molecule has 2 N–H and O–H groups in total. The van der Waals surface area contributed by atoms with Crippen molar-refractivity contribution < 1.29 is 47.2 Å². The molecule has 1 amide bonds. The number of aliphatic hydroxyl groups is 2. The summed E-state index contributed by atoms with van der Waals surface area (Å²) < 4.78 is 58.0. The number of fused-ring (bicyclic) bond motifs is 1. The Morgan fingerprint density at radius 1 is 0.909 bits per heavy atom. The van der Waals surface area contributed by atoms with Gasteiger partial charge in [0.1, 0.15) is 0 Å². The lowest BCUT2D eigenvalue weighted by molar-refractivity contribution is -0.178. The van der Waals surface area contributed by atoms with E-state index in [1.165, 1.54) is 12.1 Å². The van der Waals surface area contributed by atoms with E-state index in [9.17, 15) is 33.0 Å². The molecule has 0 radical (unpaired) electrons. The highest BCUT2D eigenvalue weighted by Crippen LogP contribution is 2.78. The molecule has 55 heavy (non-hydrogen) atoms. The topological polar surface area (TPSA) is 106 Å². The van der Waals surface area contributed by atoms with Crippen molar-refractivity contribution in [3.63, 3.8) is 0 Å². The number of methoxy groups -OCH3 is 3. The third-order valence-electron chi connectivity index (χ3n) is 14.8. The minimum Gasteiger partial charge on any atom is -0.493 e. The number of benzene rings is 2. The Bertz CT molecular complexity index is 1890. The third-order valence-corrected chi connectivity index (χ3v) is 14.8. The highest BCUT2D eigenvalue weighted by molar-refractivity contribution is 6.10. The van der Waals surface area contributed by atoms with Gasteiger partial charge in [-0.25, -0.2) is 0 Å². The predicted octanol–water partition coefficient (Wildman–Crippen LogP) is 7.60. The molecule has 6 aliphatic rings. The van der Waals surface area contributed by atoms with Gasteiger partial charge in [-0.3, -0.25) is 9.59 Å². The molecule has 8 atom stereocenters. The molecule has 0 aromatic heterocycles. The third kappa shape index (κ3) is 6.14. The van der Waals surface area contributed by atoms with Gasteiger partial charge in [-0.2, -0.15) is 13.2 Å². The summed E-state index contributed by atoms with van der Waals surface area (Å²) in [5, 5.41) is 24.0. The van der Waals surface area contributed by atoms with Crippen LogP contribution in [0.4, 0.5) is 13.2 Å². The first-order chi connectivity index (χ1) is 26.0. The van der Waals surface area contributed by atoms with Gasteiger partial charge < -0.3 is 29.3 Å². The second-order valence-electron chi connectivity index (χ2n) is 17.2. The smallest absolute Gasteiger partial charge is 0.416 e. The number of hydrogen-bond acceptors (Lipinski definition) is 7. The van der Waals surface area contributed by atoms with Gasteiger partial charge in [0, 0.05) is 54.2 Å². The van der Waals surface area contributed by atoms with Crippen LogP contribution in [0.5, 0.6) is 11.5 Å². The van der Waals surface area contributed by atoms with Gasteiger partial charge in [-0.1, -0.05) is 50.3 Å². The summed E-state index contributed by atoms with van der Waals surface area (Å²) in [7, 11) is 4.70. The number of alkyl halides is 3. The number of aliphatic hydroxyl groups excluding tert-OH is 1. The number of hydrogen-bond donors (Lipinski definition) is 2. The van der Waals surface area contributed by atoms with Crippen LogP contribution >= 0.6 is 0 Å². The number of carbonyl (C=O) groups excluding carboxylic acids is 2. The fraction of sp³-hybridized carbons (Fsp3) is 0.591. The molecule has 8 nitrogen and oxygen atoms in total. The largest absolute Gasteiger partial charge is 0.493 e. The molecule has 11 heteroatoms. The maximum absolute atomic E-state index is 14.8. The summed E-state index contributed by atoms with van der Waals surface area (Å²) in [6, 6.07) is 10.0. The van der Waals surface area contributed by atoms with Crippen molar-refractivity contribution >= 4 is 11.7 Å². The maximum Gasteiger partial charge on any atom is 0.416 e. The van der Waals surface area contributed by atoms with Crippen molar-refractivity contribution in [3.8, 4) is 11.5 Å². The number of rotatable bonds is 12. The molecule has 2 spiro atoms. The summed E-state index contributed by atoms with van der Waals surface area (Å²) >= 11 is 0. The van der Waals surface area contributed by atoms with Crippen LogP contribution in [0.2, 0.25) is 0 Å². The Balaban J connectivity index is 1.27. The van der Waals surface area contributed by atoms with Crippen LogP contribution < -0.4 is 9.47 Å². The summed E-state index contributed by atoms with van der Waals surface area (Å²) in [4.78, 5) is 30.7. The molecule has 0 saturated heterocycles. The van der Waals surface area contributed by atoms with E-state index in [2.05, 4.69) is 26.0 Å². The number of ether oxygens (including phenoxy) is 3. The van der Waals surface area contributed by atoms with E-state index in [0.29, 0.717) is 75.2 Å². The molecule has 2 aromatic rings. The monoisotopic (exact) mass is 765 g/mol. The van der Waals surface area contributed by atoms with Crippen LogP contribution in [0.15, 0.2) is 66.3 Å². The molecular weight excluding hydrogens is 711 g/mol. The summed E-state index contributed by atoms with van der Waals surface area (Å²) in [5.41, 5.74) is -3.51. The number of carbonyl (C=O) groups is 2. The minimum absolute atomic E-state index is 0.0183. The quantitative estimate of drug-likeness (QED) is 0.130. The molecule has 0 heterocycles. The SMILES string of the molecule is COCCCN(C[C@]1(O)CC[C@H]2[C@]34C=C[C@@]5(C=C3C(=O)c3cccc(C(F)(F)F)c3)CC(O)CC[C@]5(C)[C@H]4CC[C@@]21C)C(=O)Cc1ccc(OC)c(OC)c1. The van der Waals surface area contributed by atoms with Gasteiger partial charge in [0.15, 0.2) is 17.3 Å². The van der Waals surface area contributed by atoms with Crippen LogP contribution in [-0.2, 0) is 22.1 Å². The Morgan fingerprint density at radius 2 is 1.62 bits per heavy atom. The number of amides is 1. The Morgan fingerprint density at radius 3 is 2.33 bits per heavy atom. The van der Waals surface area contributed by atoms with Crippen LogP contribution in [0, 0.1) is 33.5 Å². The number of halogens is 3. The van der Waals surface area contributed by atoms with Gasteiger partial charge in [-0.05, 0) is 98.4 Å². The van der Waals surface area contributed by atoms with Gasteiger partial charge in [0.25, 0.3) is 0 Å². The van der Waals surface area contributed by atoms with Crippen LogP contribution in [0.1, 0.15) is 86.7 Å². The Labute approximate surface area is 321 Å². The Hall–Kier alpha value is -3.67. The highest BCUT2D eigenvalue weighted by atomic mass is 19.4. The summed E-state index contributed by atoms with van der Waals surface area (Å²) in [6.07, 6.45) is 5.93. The van der Waals surface area contributed by atoms with E-state index in [4.69, 9.17) is 14.2 Å². The van der Waals surface area contributed by atoms with E-state index >= 15 is 0 Å². The van der Waals surface area contributed by atoms with Crippen molar-refractivity contribution in [2.75, 3.05) is 41.0 Å². The first-order valence-electron chi connectivity index (χ1n) is 19.5. The van der Waals surface area contributed by atoms with Gasteiger partial charge >= 0.3 is 6.18 Å². The lowest BCUT2D eigenvalue weighted by Gasteiger charge is -2.71. The fourth-order valence-electron chi connectivity index (χ4n) is 11.9. The fourth-order valence-corrected chi connectivity index (χ4v) is 11.9. The van der Waals surface area contributed by atoms with E-state index in [-0.39, 0.29) is 41.7 Å². The lowest BCUT2D eigenvalue weighted by Crippen LogP contribution is -2.67. The second kappa shape index (κ2) is 14.1. The molecule has 298 valence electrons. The molecule has 6 aliphatic carbocycles. The van der Waals surface area contributed by atoms with Crippen molar-refractivity contribution in [3.05, 3.63) is 83.0 Å². The molecule has 3 fully saturated rings. The number of nitrogens with zero attached hydrogens (tertiary/aromatic N) is 1. The van der Waals surface area contributed by atoms with E-state index in [0.717, 1.165) is 24.1 Å². The number of Topliss-reactive ketones (excluding diaryl/α,β-unsaturated/α-hetero) is 1. The van der Waals surface area contributed by atoms with Crippen molar-refractivity contribution in [1.29, 1.82) is 0 Å². The molecule has 1 unspecified atom stereocenters. The molecule has 2 aromatic carbocycles. The molecule has 2 bridgehead atoms. The van der Waals surface area contributed by atoms with Gasteiger partial charge in [0.2, 0.25) is 5.91 Å². The van der Waals surface area contributed by atoms with Crippen LogP contribution in [-0.4, -0.2) is 79.5 Å². The normalized spacial score (nSPS) is 34.7. The van der Waals surface area contributed by atoms with Crippen LogP contribution in [0.3, 0.4) is 0 Å². The number of allylic oxidation sites excluding steroid dienone is 4. The van der Waals surface area contributed by atoms with E-state index in [1.807, 2.05) is 12.1 Å². The summed E-state index contributed by atoms with van der Waals surface area (Å²) in [6.45, 7) is 5.26. The second-order valence-corrected chi connectivity index (χ2v) is 17.2. The van der Waals surface area contributed by atoms with Gasteiger partial charge in [0.05, 0.1) is 37.9 Å². The minimum atomic E-state index is -4.61. The standard InChI is InChI=1S/C44H54F3NO7/c1-39-15-12-31(49)25-41(39)18-19-43(32(26-41)38(51)29-8-6-9-30(24-29)44(45,46)47)35(39)13-16-40(2)36(43)14-17-42(40,52)27-48(20-7-21-53-3)37(50)23-28-10-11-33(54-4)34(22-28)55-5/h6,8-11,18-19,22,24,26,31,35-36,49,52H,7,12-17,20-21,23,25,27H2,1-5H3/t31?,35-,36-,39-,40+,41+,42-,43-/m1/s1. The number of ketones is 1. The Kier molecular flexibility index (Phi) is 10.1. The first kappa shape index (κ1) is 39.6. The van der Waals surface area contributed by atoms with Crippen molar-refractivity contribution in [1.82, 2.24) is 4.90 Å². The molecule has 3 saturated carbocycles. The maximum atomic E-state index is 14.8. The average Bonchev–Trinajstić information content (AvgIpc) is 3.43. The zero-order valence-electron chi connectivity index (χ0n) is 32.5.